The molecule has 7 heteroatoms. The summed E-state index contributed by atoms with van der Waals surface area (Å²) < 4.78 is 24.7. The van der Waals surface area contributed by atoms with Gasteiger partial charge in [0, 0.05) is 16.4 Å². The molecule has 0 radical (unpaired) electrons. The van der Waals surface area contributed by atoms with E-state index in [1.165, 1.54) is 12.1 Å². The van der Waals surface area contributed by atoms with Crippen LogP contribution in [0.5, 0.6) is 0 Å². The third-order valence-corrected chi connectivity index (χ3v) is 6.52. The lowest BCUT2D eigenvalue weighted by molar-refractivity contribution is -0.139. The number of allylic oxidation sites excluding steroid dienone is 2. The van der Waals surface area contributed by atoms with Crippen LogP contribution in [0.3, 0.4) is 0 Å². The quantitative estimate of drug-likeness (QED) is 0.595. The average molecular weight is 448 g/mol. The van der Waals surface area contributed by atoms with E-state index in [1.807, 2.05) is 0 Å². The molecule has 0 spiro atoms. The Balaban J connectivity index is 1.95. The van der Waals surface area contributed by atoms with Gasteiger partial charge < -0.3 is 14.8 Å². The minimum absolute atomic E-state index is 0.165. The van der Waals surface area contributed by atoms with Gasteiger partial charge in [0.05, 0.1) is 30.3 Å². The van der Waals surface area contributed by atoms with E-state index in [2.05, 4.69) is 5.32 Å². The lowest BCUT2D eigenvalue weighted by Crippen LogP contribution is -2.38. The lowest BCUT2D eigenvalue weighted by Gasteiger charge is -2.38. The first-order valence-electron chi connectivity index (χ1n) is 11.0. The van der Waals surface area contributed by atoms with Crippen molar-refractivity contribution in [3.8, 4) is 0 Å². The summed E-state index contributed by atoms with van der Waals surface area (Å²) in [6, 6.07) is 4.06. The molecule has 1 unspecified atom stereocenters. The summed E-state index contributed by atoms with van der Waals surface area (Å²) in [5.74, 6) is -1.82. The smallest absolute Gasteiger partial charge is 0.336 e. The van der Waals surface area contributed by atoms with Gasteiger partial charge in [-0.15, -0.1) is 0 Å². The monoisotopic (exact) mass is 447 g/mol. The Morgan fingerprint density at radius 2 is 1.55 bits per heavy atom. The summed E-state index contributed by atoms with van der Waals surface area (Å²) in [5, 5.41) is 3.63. The minimum Gasteiger partial charge on any atom is -0.463 e. The van der Waals surface area contributed by atoms with Crippen LogP contribution in [0.15, 0.2) is 40.7 Å². The van der Waals surface area contributed by atoms with Gasteiger partial charge in [-0.05, 0) is 69.1 Å². The molecule has 1 heterocycles. The number of halogens is 2. The molecule has 1 atom stereocenters. The first kappa shape index (κ1) is 21.9. The van der Waals surface area contributed by atoms with Crippen LogP contribution in [-0.4, -0.2) is 25.2 Å². The van der Waals surface area contributed by atoms with Crippen molar-refractivity contribution in [1.29, 1.82) is 0 Å². The Hall–Kier alpha value is -2.34. The summed E-state index contributed by atoms with van der Waals surface area (Å²) in [5.41, 5.74) is 2.88. The van der Waals surface area contributed by atoms with Gasteiger partial charge in [0.2, 0.25) is 0 Å². The zero-order valence-corrected chi connectivity index (χ0v) is 18.6. The van der Waals surface area contributed by atoms with E-state index >= 15 is 0 Å². The van der Waals surface area contributed by atoms with Crippen LogP contribution in [0.1, 0.15) is 57.4 Å². The number of esters is 2. The van der Waals surface area contributed by atoms with Gasteiger partial charge in [0.15, 0.2) is 0 Å². The number of nitrogens with one attached hydrogen (secondary N) is 1. The minimum atomic E-state index is -0.765. The normalized spacial score (nSPS) is 21.5. The highest BCUT2D eigenvalue weighted by Gasteiger charge is 2.46. The molecular formula is C24H27ClFNO4. The predicted octanol–water partition coefficient (Wildman–Crippen LogP) is 5.01. The van der Waals surface area contributed by atoms with E-state index in [9.17, 15) is 14.0 Å². The summed E-state index contributed by atoms with van der Waals surface area (Å²) in [6.45, 7) is 3.90. The van der Waals surface area contributed by atoms with Gasteiger partial charge in [-0.2, -0.15) is 0 Å². The Morgan fingerprint density at radius 1 is 1.00 bits per heavy atom. The molecule has 31 heavy (non-hydrogen) atoms. The van der Waals surface area contributed by atoms with Crippen molar-refractivity contribution in [3.63, 3.8) is 0 Å². The second kappa shape index (κ2) is 9.03. The molecule has 5 nitrogen and oxygen atoms in total. The number of carbonyl (C=O) groups excluding carboxylic acids is 2. The summed E-state index contributed by atoms with van der Waals surface area (Å²) in [6.07, 6.45) is 4.92. The maximum atomic E-state index is 13.8. The van der Waals surface area contributed by atoms with E-state index in [-0.39, 0.29) is 30.1 Å². The molecule has 3 aliphatic rings. The number of dihydropyridines is 1. The third-order valence-electron chi connectivity index (χ3n) is 6.19. The number of ether oxygens (including phenoxy) is 2. The standard InChI is InChI=1S/C24H27ClFNO4/c1-3-30-23(28)19-18(16-11-10-15(26)12-17(16)25)20(24(29)31-4-2)22(14-8-9-14)27-21(19)13-6-5-7-13/h10-14,18,27H,3-9H2,1-2H3. The zero-order chi connectivity index (χ0) is 22.1. The van der Waals surface area contributed by atoms with Crippen molar-refractivity contribution in [2.45, 2.75) is 51.9 Å². The highest BCUT2D eigenvalue weighted by Crippen LogP contribution is 2.50. The fourth-order valence-electron chi connectivity index (χ4n) is 4.37. The van der Waals surface area contributed by atoms with Crippen molar-refractivity contribution in [2.24, 2.45) is 11.8 Å². The second-order valence-corrected chi connectivity index (χ2v) is 8.63. The third kappa shape index (κ3) is 4.22. The predicted molar refractivity (Wildman–Crippen MR) is 115 cm³/mol. The topological polar surface area (TPSA) is 64.6 Å². The van der Waals surface area contributed by atoms with Crippen LogP contribution >= 0.6 is 11.6 Å². The summed E-state index contributed by atoms with van der Waals surface area (Å²) >= 11 is 6.47. The van der Waals surface area contributed by atoms with Crippen LogP contribution in [0.25, 0.3) is 0 Å². The maximum absolute atomic E-state index is 13.8. The van der Waals surface area contributed by atoms with Crippen LogP contribution < -0.4 is 5.32 Å². The van der Waals surface area contributed by atoms with Gasteiger partial charge in [-0.1, -0.05) is 24.1 Å². The van der Waals surface area contributed by atoms with Crippen molar-refractivity contribution in [3.05, 3.63) is 57.1 Å². The maximum Gasteiger partial charge on any atom is 0.336 e. The largest absolute Gasteiger partial charge is 0.463 e. The molecule has 1 N–H and O–H groups in total. The molecular weight excluding hydrogens is 421 g/mol. The Kier molecular flexibility index (Phi) is 6.37. The van der Waals surface area contributed by atoms with E-state index < -0.39 is 23.7 Å². The molecule has 0 aromatic heterocycles. The number of carbonyl (C=O) groups is 2. The molecule has 1 aliphatic heterocycles. The van der Waals surface area contributed by atoms with Gasteiger partial charge in [-0.25, -0.2) is 14.0 Å². The Morgan fingerprint density at radius 3 is 1.97 bits per heavy atom. The van der Waals surface area contributed by atoms with E-state index in [0.717, 1.165) is 43.5 Å². The van der Waals surface area contributed by atoms with E-state index in [1.54, 1.807) is 19.9 Å². The van der Waals surface area contributed by atoms with Crippen molar-refractivity contribution in [2.75, 3.05) is 13.2 Å². The molecule has 4 rings (SSSR count). The van der Waals surface area contributed by atoms with Gasteiger partial charge in [-0.3, -0.25) is 0 Å². The number of rotatable bonds is 7. The first-order valence-corrected chi connectivity index (χ1v) is 11.4. The van der Waals surface area contributed by atoms with E-state index in [4.69, 9.17) is 21.1 Å². The molecule has 1 aromatic rings. The molecule has 1 aromatic carbocycles. The molecule has 2 fully saturated rings. The number of hydrogen-bond acceptors (Lipinski definition) is 5. The SMILES string of the molecule is CCOC(=O)C1=C(C2CCC2)NC(C2CC2)=C(C(=O)OCC)C1c1ccc(F)cc1Cl. The highest BCUT2D eigenvalue weighted by atomic mass is 35.5. The molecule has 0 bridgehead atoms. The van der Waals surface area contributed by atoms with Crippen molar-refractivity contribution >= 4 is 23.5 Å². The van der Waals surface area contributed by atoms with Gasteiger partial charge in [0.1, 0.15) is 5.82 Å². The second-order valence-electron chi connectivity index (χ2n) is 8.22. The average Bonchev–Trinajstić information content (AvgIpc) is 3.51. The van der Waals surface area contributed by atoms with Gasteiger partial charge >= 0.3 is 11.9 Å². The lowest BCUT2D eigenvalue weighted by atomic mass is 9.73. The number of hydrogen-bond donors (Lipinski definition) is 1. The molecule has 2 aliphatic carbocycles. The first-order chi connectivity index (χ1) is 15.0. The summed E-state index contributed by atoms with van der Waals surface area (Å²) in [7, 11) is 0. The number of benzene rings is 1. The molecule has 0 amide bonds. The Bertz CT molecular complexity index is 962. The van der Waals surface area contributed by atoms with Crippen LogP contribution in [-0.2, 0) is 19.1 Å². The highest BCUT2D eigenvalue weighted by molar-refractivity contribution is 6.31. The fraction of sp³-hybridized carbons (Fsp3) is 0.500. The van der Waals surface area contributed by atoms with Crippen LogP contribution in [0.2, 0.25) is 5.02 Å². The van der Waals surface area contributed by atoms with Crippen molar-refractivity contribution < 1.29 is 23.5 Å². The van der Waals surface area contributed by atoms with E-state index in [0.29, 0.717) is 16.7 Å². The molecule has 2 saturated carbocycles. The van der Waals surface area contributed by atoms with Crippen LogP contribution in [0, 0.1) is 17.7 Å². The summed E-state index contributed by atoms with van der Waals surface area (Å²) in [4.78, 5) is 26.4. The molecule has 166 valence electrons. The van der Waals surface area contributed by atoms with Crippen molar-refractivity contribution in [1.82, 2.24) is 5.32 Å². The van der Waals surface area contributed by atoms with Gasteiger partial charge in [0.25, 0.3) is 0 Å². The molecule has 0 saturated heterocycles. The van der Waals surface area contributed by atoms with Crippen LogP contribution in [0.4, 0.5) is 4.39 Å². The Labute approximate surface area is 186 Å². The zero-order valence-electron chi connectivity index (χ0n) is 17.8. The fourth-order valence-corrected chi connectivity index (χ4v) is 4.64.